The van der Waals surface area contributed by atoms with Gasteiger partial charge in [0.1, 0.15) is 6.42 Å². The van der Waals surface area contributed by atoms with Crippen LogP contribution in [0.5, 0.6) is 0 Å². The second-order valence-corrected chi connectivity index (χ2v) is 5.74. The molecule has 0 bridgehead atoms. The Hall–Kier alpha value is -1.92. The van der Waals surface area contributed by atoms with E-state index in [-0.39, 0.29) is 18.2 Å². The highest BCUT2D eigenvalue weighted by Crippen LogP contribution is 2.04. The Morgan fingerprint density at radius 2 is 1.61 bits per heavy atom. The van der Waals surface area contributed by atoms with Gasteiger partial charge in [-0.1, -0.05) is 30.3 Å². The quantitative estimate of drug-likeness (QED) is 0.677. The molecule has 0 radical (unpaired) electrons. The van der Waals surface area contributed by atoms with Crippen LogP contribution in [0.1, 0.15) is 18.4 Å². The zero-order valence-corrected chi connectivity index (χ0v) is 13.5. The molecule has 1 aliphatic rings. The number of rotatable bonds is 2. The molecular weight excluding hydrogens is 292 g/mol. The molecule has 3 N–H and O–H groups in total. The van der Waals surface area contributed by atoms with Crippen molar-refractivity contribution in [2.24, 2.45) is 0 Å². The van der Waals surface area contributed by atoms with Crippen LogP contribution in [-0.2, 0) is 16.1 Å². The van der Waals surface area contributed by atoms with Gasteiger partial charge in [0.25, 0.3) is 0 Å². The fraction of sp³-hybridized carbons (Fsp3) is 0.529. The van der Waals surface area contributed by atoms with Gasteiger partial charge in [-0.3, -0.25) is 14.5 Å². The number of nitrogens with zero attached hydrogens (tertiary/aromatic N) is 1. The fourth-order valence-corrected chi connectivity index (χ4v) is 2.58. The van der Waals surface area contributed by atoms with Crippen LogP contribution < -0.4 is 16.0 Å². The topological polar surface area (TPSA) is 73.5 Å². The molecule has 126 valence electrons. The fourth-order valence-electron chi connectivity index (χ4n) is 2.58. The van der Waals surface area contributed by atoms with Crippen molar-refractivity contribution in [2.75, 3.05) is 39.3 Å². The predicted molar refractivity (Wildman–Crippen MR) is 89.8 cm³/mol. The second-order valence-electron chi connectivity index (χ2n) is 5.74. The molecular formula is C17H26N4O2. The molecule has 0 spiro atoms. The Bertz CT molecular complexity index is 493. The molecule has 0 atom stereocenters. The summed E-state index contributed by atoms with van der Waals surface area (Å²) in [5.74, 6) is -0.435. The van der Waals surface area contributed by atoms with Gasteiger partial charge in [-0.15, -0.1) is 0 Å². The van der Waals surface area contributed by atoms with Crippen molar-refractivity contribution >= 4 is 11.8 Å². The molecule has 2 rings (SSSR count). The summed E-state index contributed by atoms with van der Waals surface area (Å²) in [6, 6.07) is 10.3. The lowest BCUT2D eigenvalue weighted by atomic mass is 10.2. The summed E-state index contributed by atoms with van der Waals surface area (Å²) in [6.07, 6.45) is 0.938. The van der Waals surface area contributed by atoms with Crippen molar-refractivity contribution < 1.29 is 9.59 Å². The van der Waals surface area contributed by atoms with E-state index < -0.39 is 0 Å². The van der Waals surface area contributed by atoms with Crippen molar-refractivity contribution in [2.45, 2.75) is 19.4 Å². The van der Waals surface area contributed by atoms with Gasteiger partial charge in [0.2, 0.25) is 11.8 Å². The summed E-state index contributed by atoms with van der Waals surface area (Å²) in [6.45, 7) is 5.40. The lowest BCUT2D eigenvalue weighted by molar-refractivity contribution is -0.129. The van der Waals surface area contributed by atoms with Gasteiger partial charge in [-0.05, 0) is 25.1 Å². The van der Waals surface area contributed by atoms with Crippen molar-refractivity contribution in [1.82, 2.24) is 20.9 Å². The van der Waals surface area contributed by atoms with Crippen molar-refractivity contribution in [3.05, 3.63) is 35.9 Å². The van der Waals surface area contributed by atoms with E-state index >= 15 is 0 Å². The molecule has 23 heavy (non-hydrogen) atoms. The largest absolute Gasteiger partial charge is 0.354 e. The van der Waals surface area contributed by atoms with E-state index in [1.54, 1.807) is 0 Å². The zero-order chi connectivity index (χ0) is 16.3. The number of amides is 2. The third-order valence-electron chi connectivity index (χ3n) is 3.77. The Kier molecular flexibility index (Phi) is 7.56. The van der Waals surface area contributed by atoms with Crippen molar-refractivity contribution in [3.63, 3.8) is 0 Å². The number of nitrogens with one attached hydrogen (secondary N) is 3. The SMILES string of the molecule is O=C1CC(=O)NCCN(Cc2ccccc2)CCCNCCN1. The van der Waals surface area contributed by atoms with E-state index in [9.17, 15) is 9.59 Å². The number of carbonyl (C=O) groups excluding carboxylic acids is 2. The molecule has 0 saturated carbocycles. The normalized spacial score (nSPS) is 19.5. The van der Waals surface area contributed by atoms with E-state index in [1.165, 1.54) is 5.56 Å². The second kappa shape index (κ2) is 9.97. The molecule has 1 aliphatic heterocycles. The Balaban J connectivity index is 1.87. The molecule has 6 heteroatoms. The first kappa shape index (κ1) is 17.4. The summed E-state index contributed by atoms with van der Waals surface area (Å²) in [5.41, 5.74) is 1.27. The van der Waals surface area contributed by atoms with E-state index in [0.29, 0.717) is 13.1 Å². The minimum Gasteiger partial charge on any atom is -0.354 e. The average Bonchev–Trinajstić information content (AvgIpc) is 2.54. The monoisotopic (exact) mass is 318 g/mol. The minimum absolute atomic E-state index is 0.0985. The molecule has 0 unspecified atom stereocenters. The summed E-state index contributed by atoms with van der Waals surface area (Å²) in [4.78, 5) is 25.6. The maximum Gasteiger partial charge on any atom is 0.229 e. The number of hydrogen-bond acceptors (Lipinski definition) is 4. The van der Waals surface area contributed by atoms with Crippen molar-refractivity contribution in [3.8, 4) is 0 Å². The van der Waals surface area contributed by atoms with E-state index in [2.05, 4.69) is 33.0 Å². The molecule has 1 aromatic rings. The molecule has 1 saturated heterocycles. The number of carbonyl (C=O) groups is 2. The van der Waals surface area contributed by atoms with Gasteiger partial charge in [0.15, 0.2) is 0 Å². The highest BCUT2D eigenvalue weighted by atomic mass is 16.2. The van der Waals surface area contributed by atoms with Crippen LogP contribution in [0.3, 0.4) is 0 Å². The van der Waals surface area contributed by atoms with E-state index in [1.807, 2.05) is 18.2 Å². The lowest BCUT2D eigenvalue weighted by Gasteiger charge is -2.23. The Morgan fingerprint density at radius 3 is 2.39 bits per heavy atom. The summed E-state index contributed by atoms with van der Waals surface area (Å²) < 4.78 is 0. The first-order valence-corrected chi connectivity index (χ1v) is 8.24. The van der Waals surface area contributed by atoms with Gasteiger partial charge in [-0.2, -0.15) is 0 Å². The third kappa shape index (κ3) is 7.25. The zero-order valence-electron chi connectivity index (χ0n) is 13.5. The van der Waals surface area contributed by atoms with E-state index in [4.69, 9.17) is 0 Å². The smallest absolute Gasteiger partial charge is 0.229 e. The first-order chi connectivity index (χ1) is 11.2. The maximum atomic E-state index is 11.7. The lowest BCUT2D eigenvalue weighted by Crippen LogP contribution is -2.40. The molecule has 1 aromatic carbocycles. The standard InChI is InChI=1S/C17H26N4O2/c22-16-13-17(23)20-10-12-21(11-4-7-18-8-9-19-16)14-15-5-2-1-3-6-15/h1-3,5-6,18H,4,7-14H2,(H,19,22)(H,20,23). The minimum atomic E-state index is -0.220. The van der Waals surface area contributed by atoms with Crippen molar-refractivity contribution in [1.29, 1.82) is 0 Å². The average molecular weight is 318 g/mol. The first-order valence-electron chi connectivity index (χ1n) is 8.24. The molecule has 2 amide bonds. The highest BCUT2D eigenvalue weighted by Gasteiger charge is 2.11. The molecule has 0 aliphatic carbocycles. The third-order valence-corrected chi connectivity index (χ3v) is 3.77. The molecule has 1 heterocycles. The van der Waals surface area contributed by atoms with E-state index in [0.717, 1.165) is 39.1 Å². The Labute approximate surface area is 137 Å². The summed E-state index contributed by atoms with van der Waals surface area (Å²) >= 11 is 0. The van der Waals surface area contributed by atoms with Crippen LogP contribution in [-0.4, -0.2) is 56.0 Å². The van der Waals surface area contributed by atoms with Gasteiger partial charge >= 0.3 is 0 Å². The van der Waals surface area contributed by atoms with Crippen LogP contribution in [0.15, 0.2) is 30.3 Å². The molecule has 1 fully saturated rings. The molecule has 0 aromatic heterocycles. The van der Waals surface area contributed by atoms with Gasteiger partial charge in [0, 0.05) is 32.7 Å². The van der Waals surface area contributed by atoms with Crippen LogP contribution in [0.25, 0.3) is 0 Å². The van der Waals surface area contributed by atoms with Gasteiger partial charge < -0.3 is 16.0 Å². The summed E-state index contributed by atoms with van der Waals surface area (Å²) in [7, 11) is 0. The van der Waals surface area contributed by atoms with Crippen LogP contribution >= 0.6 is 0 Å². The van der Waals surface area contributed by atoms with Gasteiger partial charge in [0.05, 0.1) is 0 Å². The predicted octanol–water partition coefficient (Wildman–Crippen LogP) is 0.104. The highest BCUT2D eigenvalue weighted by molar-refractivity contribution is 5.96. The maximum absolute atomic E-state index is 11.7. The number of hydrogen-bond donors (Lipinski definition) is 3. The van der Waals surface area contributed by atoms with Crippen LogP contribution in [0.4, 0.5) is 0 Å². The summed E-state index contributed by atoms with van der Waals surface area (Å²) in [5, 5.41) is 8.87. The Morgan fingerprint density at radius 1 is 0.870 bits per heavy atom. The van der Waals surface area contributed by atoms with Crippen LogP contribution in [0, 0.1) is 0 Å². The number of benzene rings is 1. The van der Waals surface area contributed by atoms with Gasteiger partial charge in [-0.25, -0.2) is 0 Å². The van der Waals surface area contributed by atoms with Crippen LogP contribution in [0.2, 0.25) is 0 Å². The molecule has 6 nitrogen and oxygen atoms in total.